The van der Waals surface area contributed by atoms with Crippen molar-refractivity contribution in [1.82, 2.24) is 23.5 Å². The first kappa shape index (κ1) is 22.0. The van der Waals surface area contributed by atoms with E-state index in [0.717, 1.165) is 39.8 Å². The third-order valence-corrected chi connectivity index (χ3v) is 7.15. The average Bonchev–Trinajstić information content (AvgIpc) is 3.66. The fraction of sp³-hybridized carbons (Fsp3) is 0.0323. The number of hydrogen-bond acceptors (Lipinski definition) is 2. The van der Waals surface area contributed by atoms with Crippen LogP contribution in [-0.2, 0) is 26.7 Å². The molecule has 0 amide bonds. The fourth-order valence-electron chi connectivity index (χ4n) is 5.56. The molecule has 0 atom stereocenters. The van der Waals surface area contributed by atoms with Crippen LogP contribution in [0.4, 0.5) is 0 Å². The molecule has 4 aromatic carbocycles. The molecule has 0 spiro atoms. The van der Waals surface area contributed by atoms with Gasteiger partial charge in [-0.05, 0) is 24.3 Å². The molecule has 0 bridgehead atoms. The second kappa shape index (κ2) is 8.41. The summed E-state index contributed by atoms with van der Waals surface area (Å²) < 4.78 is 6.64. The van der Waals surface area contributed by atoms with Crippen LogP contribution in [0.1, 0.15) is 5.56 Å². The number of pyridine rings is 1. The van der Waals surface area contributed by atoms with Crippen molar-refractivity contribution in [3.05, 3.63) is 121 Å². The van der Waals surface area contributed by atoms with Gasteiger partial charge >= 0.3 is 0 Å². The molecule has 0 unspecified atom stereocenters. The summed E-state index contributed by atoms with van der Waals surface area (Å²) in [5.41, 5.74) is 7.56. The normalized spacial score (nSPS) is 11.7. The molecule has 179 valence electrons. The van der Waals surface area contributed by atoms with Crippen molar-refractivity contribution in [2.75, 3.05) is 0 Å². The average molecular weight is 655 g/mol. The van der Waals surface area contributed by atoms with E-state index >= 15 is 0 Å². The molecular formula is C31H20IrN5-. The Labute approximate surface area is 226 Å². The summed E-state index contributed by atoms with van der Waals surface area (Å²) >= 11 is 0. The number of rotatable bonds is 3. The zero-order valence-corrected chi connectivity index (χ0v) is 22.1. The van der Waals surface area contributed by atoms with E-state index in [1.54, 1.807) is 0 Å². The molecule has 0 saturated carbocycles. The Morgan fingerprint density at radius 1 is 0.757 bits per heavy atom. The van der Waals surface area contributed by atoms with Gasteiger partial charge in [0.15, 0.2) is 0 Å². The van der Waals surface area contributed by atoms with Crippen LogP contribution >= 0.6 is 0 Å². The van der Waals surface area contributed by atoms with Gasteiger partial charge in [-0.15, -0.1) is 23.8 Å². The van der Waals surface area contributed by atoms with Gasteiger partial charge in [-0.1, -0.05) is 65.4 Å². The van der Waals surface area contributed by atoms with Gasteiger partial charge in [0.1, 0.15) is 12.0 Å². The number of nitrogens with zero attached hydrogens (tertiary/aromatic N) is 5. The van der Waals surface area contributed by atoms with Crippen LogP contribution < -0.4 is 0 Å². The third-order valence-electron chi connectivity index (χ3n) is 7.15. The van der Waals surface area contributed by atoms with Crippen molar-refractivity contribution in [2.24, 2.45) is 0 Å². The van der Waals surface area contributed by atoms with Crippen LogP contribution in [0.5, 0.6) is 0 Å². The van der Waals surface area contributed by atoms with E-state index in [4.69, 9.17) is 4.98 Å². The molecular weight excluding hydrogens is 635 g/mol. The second-order valence-electron chi connectivity index (χ2n) is 9.16. The van der Waals surface area contributed by atoms with Gasteiger partial charge < -0.3 is 8.97 Å². The molecule has 4 heterocycles. The van der Waals surface area contributed by atoms with Gasteiger partial charge in [0.2, 0.25) is 0 Å². The largest absolute Gasteiger partial charge is 0.345 e. The number of fused-ring (bicyclic) bond motifs is 9. The zero-order valence-electron chi connectivity index (χ0n) is 19.7. The smallest absolute Gasteiger partial charge is 0.133 e. The summed E-state index contributed by atoms with van der Waals surface area (Å²) in [6, 6.07) is 35.5. The molecule has 5 nitrogen and oxygen atoms in total. The van der Waals surface area contributed by atoms with Crippen LogP contribution in [0.2, 0.25) is 0 Å². The molecule has 0 fully saturated rings. The molecule has 8 rings (SSSR count). The van der Waals surface area contributed by atoms with Crippen LogP contribution in [0, 0.1) is 6.07 Å². The van der Waals surface area contributed by atoms with E-state index in [2.05, 4.69) is 97.4 Å². The van der Waals surface area contributed by atoms with E-state index in [1.165, 1.54) is 27.4 Å². The Bertz CT molecular complexity index is 2030. The van der Waals surface area contributed by atoms with Crippen molar-refractivity contribution in [2.45, 2.75) is 6.54 Å². The summed E-state index contributed by atoms with van der Waals surface area (Å²) in [4.78, 5) is 9.56. The Kier molecular flexibility index (Phi) is 5.00. The molecule has 0 saturated heterocycles. The monoisotopic (exact) mass is 655 g/mol. The predicted octanol–water partition coefficient (Wildman–Crippen LogP) is 6.78. The standard InChI is InChI=1S/C31H20N5.Ir/c1-2-8-22(9-3-1)36-20-33-29-26-18-21(14-15-25(26)30-32-16-17-34(30)31(29)36)19-35-27-12-6-4-10-23(27)24-11-5-7-13-28(24)35;/h1-14,16-18,20H,19H2;/q-1;. The molecule has 8 aromatic rings. The minimum absolute atomic E-state index is 0. The van der Waals surface area contributed by atoms with Gasteiger partial charge in [-0.25, -0.2) is 4.98 Å². The van der Waals surface area contributed by atoms with Gasteiger partial charge in [-0.2, -0.15) is 0 Å². The SMILES string of the molecule is [Ir].[c-]1cc(Cn2c3ccccc3c3ccccc32)cc2c1c1nccn1c1c2ncn1-c1ccccc1. The maximum Gasteiger partial charge on any atom is 0.133 e. The van der Waals surface area contributed by atoms with Crippen LogP contribution in [0.15, 0.2) is 110 Å². The van der Waals surface area contributed by atoms with E-state index in [-0.39, 0.29) is 20.1 Å². The first-order chi connectivity index (χ1) is 17.9. The molecule has 0 aliphatic rings. The molecule has 1 radical (unpaired) electrons. The van der Waals surface area contributed by atoms with Crippen LogP contribution in [-0.4, -0.2) is 23.5 Å². The van der Waals surface area contributed by atoms with Gasteiger partial charge in [-0.3, -0.25) is 9.55 Å². The predicted molar refractivity (Wildman–Crippen MR) is 145 cm³/mol. The Hall–Kier alpha value is -4.25. The van der Waals surface area contributed by atoms with Crippen molar-refractivity contribution >= 4 is 49.4 Å². The maximum absolute atomic E-state index is 4.88. The van der Waals surface area contributed by atoms with Crippen molar-refractivity contribution in [1.29, 1.82) is 0 Å². The summed E-state index contributed by atoms with van der Waals surface area (Å²) in [5.74, 6) is 0. The minimum Gasteiger partial charge on any atom is -0.345 e. The summed E-state index contributed by atoms with van der Waals surface area (Å²) in [6.07, 6.45) is 5.74. The number of aromatic nitrogens is 5. The summed E-state index contributed by atoms with van der Waals surface area (Å²) in [6.45, 7) is 0.751. The van der Waals surface area contributed by atoms with E-state index < -0.39 is 0 Å². The first-order valence-corrected chi connectivity index (χ1v) is 12.0. The fourth-order valence-corrected chi connectivity index (χ4v) is 5.56. The Balaban J connectivity index is 0.00000231. The van der Waals surface area contributed by atoms with Crippen molar-refractivity contribution < 1.29 is 20.1 Å². The third kappa shape index (κ3) is 3.20. The van der Waals surface area contributed by atoms with Crippen molar-refractivity contribution in [3.8, 4) is 5.69 Å². The Morgan fingerprint density at radius 3 is 2.22 bits per heavy atom. The van der Waals surface area contributed by atoms with Crippen molar-refractivity contribution in [3.63, 3.8) is 0 Å². The van der Waals surface area contributed by atoms with Crippen LogP contribution in [0.25, 0.3) is 55.1 Å². The minimum atomic E-state index is 0. The molecule has 37 heavy (non-hydrogen) atoms. The Morgan fingerprint density at radius 2 is 1.46 bits per heavy atom. The molecule has 4 aromatic heterocycles. The zero-order chi connectivity index (χ0) is 23.6. The van der Waals surface area contributed by atoms with Gasteiger partial charge in [0, 0.05) is 66.5 Å². The second-order valence-corrected chi connectivity index (χ2v) is 9.16. The summed E-state index contributed by atoms with van der Waals surface area (Å²) in [7, 11) is 0. The van der Waals surface area contributed by atoms with E-state index in [0.29, 0.717) is 0 Å². The summed E-state index contributed by atoms with van der Waals surface area (Å²) in [5, 5.41) is 4.61. The molecule has 6 heteroatoms. The first-order valence-electron chi connectivity index (χ1n) is 12.0. The number of hydrogen-bond donors (Lipinski definition) is 0. The molecule has 0 aliphatic heterocycles. The van der Waals surface area contributed by atoms with E-state index in [1.807, 2.05) is 36.9 Å². The quantitative estimate of drug-likeness (QED) is 0.197. The number of imidazole rings is 2. The number of para-hydroxylation sites is 3. The van der Waals surface area contributed by atoms with Crippen LogP contribution in [0.3, 0.4) is 0 Å². The number of benzene rings is 4. The topological polar surface area (TPSA) is 40.1 Å². The van der Waals surface area contributed by atoms with Gasteiger partial charge in [0.25, 0.3) is 0 Å². The molecule has 0 N–H and O–H groups in total. The maximum atomic E-state index is 4.88. The van der Waals surface area contributed by atoms with Gasteiger partial charge in [0.05, 0.1) is 11.2 Å². The van der Waals surface area contributed by atoms with E-state index in [9.17, 15) is 0 Å². The molecule has 0 aliphatic carbocycles.